The Hall–Kier alpha value is -1.14. The molecule has 0 saturated heterocycles. The first-order valence-electron chi connectivity index (χ1n) is 5.78. The molecule has 0 unspecified atom stereocenters. The molecule has 19 heavy (non-hydrogen) atoms. The topological polar surface area (TPSA) is 46.9 Å². The largest absolute Gasteiger partial charge is 0.350 e. The van der Waals surface area contributed by atoms with E-state index in [1.165, 1.54) is 0 Å². The Morgan fingerprint density at radius 3 is 2.58 bits per heavy atom. The first-order valence-corrected chi connectivity index (χ1v) is 7.36. The van der Waals surface area contributed by atoms with Crippen LogP contribution >= 0.6 is 31.9 Å². The second kappa shape index (κ2) is 6.34. The van der Waals surface area contributed by atoms with Crippen LogP contribution in [0, 0.1) is 6.92 Å². The van der Waals surface area contributed by atoms with Gasteiger partial charge in [-0.15, -0.1) is 0 Å². The van der Waals surface area contributed by atoms with E-state index < -0.39 is 0 Å². The van der Waals surface area contributed by atoms with Crippen molar-refractivity contribution in [3.63, 3.8) is 0 Å². The van der Waals surface area contributed by atoms with Crippen molar-refractivity contribution in [2.75, 3.05) is 6.54 Å². The van der Waals surface area contributed by atoms with Gasteiger partial charge in [-0.2, -0.15) is 5.10 Å². The molecule has 100 valence electrons. The smallest absolute Gasteiger partial charge is 0.251 e. The highest BCUT2D eigenvalue weighted by Gasteiger charge is 2.07. The number of rotatable bonds is 4. The van der Waals surface area contributed by atoms with Crippen LogP contribution in [0.15, 0.2) is 39.5 Å². The molecule has 0 atom stereocenters. The van der Waals surface area contributed by atoms with Gasteiger partial charge < -0.3 is 5.32 Å². The van der Waals surface area contributed by atoms with E-state index in [-0.39, 0.29) is 5.91 Å². The van der Waals surface area contributed by atoms with Gasteiger partial charge in [0.25, 0.3) is 5.91 Å². The summed E-state index contributed by atoms with van der Waals surface area (Å²) in [5, 5.41) is 7.03. The Kier molecular flexibility index (Phi) is 4.76. The number of hydrogen-bond donors (Lipinski definition) is 1. The molecule has 0 aliphatic rings. The molecule has 1 aromatic heterocycles. The standard InChI is InChI=1S/C13H13Br2N3O/c1-9-7-17-18(8-9)3-2-16-13(19)10-4-11(14)6-12(15)5-10/h4-8H,2-3H2,1H3,(H,16,19). The van der Waals surface area contributed by atoms with Gasteiger partial charge in [0.1, 0.15) is 0 Å². The summed E-state index contributed by atoms with van der Waals surface area (Å²) in [6, 6.07) is 5.47. The summed E-state index contributed by atoms with van der Waals surface area (Å²) in [7, 11) is 0. The molecule has 2 rings (SSSR count). The van der Waals surface area contributed by atoms with Crippen molar-refractivity contribution in [1.82, 2.24) is 15.1 Å². The summed E-state index contributed by atoms with van der Waals surface area (Å²) >= 11 is 6.73. The molecule has 1 aromatic carbocycles. The lowest BCUT2D eigenvalue weighted by atomic mass is 10.2. The molecule has 1 N–H and O–H groups in total. The SMILES string of the molecule is Cc1cnn(CCNC(=O)c2cc(Br)cc(Br)c2)c1. The second-order valence-corrected chi connectivity index (χ2v) is 6.03. The number of halogens is 2. The van der Waals surface area contributed by atoms with Crippen LogP contribution in [0.25, 0.3) is 0 Å². The van der Waals surface area contributed by atoms with Gasteiger partial charge >= 0.3 is 0 Å². The molecule has 0 aliphatic heterocycles. The zero-order valence-corrected chi connectivity index (χ0v) is 13.5. The van der Waals surface area contributed by atoms with E-state index in [1.807, 2.05) is 23.9 Å². The number of nitrogens with zero attached hydrogens (tertiary/aromatic N) is 2. The molecule has 2 aromatic rings. The zero-order chi connectivity index (χ0) is 13.8. The average molecular weight is 387 g/mol. The highest BCUT2D eigenvalue weighted by molar-refractivity contribution is 9.11. The molecule has 0 radical (unpaired) electrons. The quantitative estimate of drug-likeness (QED) is 0.877. The summed E-state index contributed by atoms with van der Waals surface area (Å²) in [6.45, 7) is 3.19. The first kappa shape index (κ1) is 14.3. The summed E-state index contributed by atoms with van der Waals surface area (Å²) in [6.07, 6.45) is 3.75. The third-order valence-corrected chi connectivity index (χ3v) is 3.43. The molecule has 1 amide bonds. The molecule has 0 aliphatic carbocycles. The van der Waals surface area contributed by atoms with Crippen LogP contribution in [-0.4, -0.2) is 22.2 Å². The number of carbonyl (C=O) groups excluding carboxylic acids is 1. The predicted octanol–water partition coefficient (Wildman–Crippen LogP) is 3.15. The lowest BCUT2D eigenvalue weighted by Crippen LogP contribution is -2.27. The maximum atomic E-state index is 12.0. The third-order valence-electron chi connectivity index (χ3n) is 2.51. The Morgan fingerprint density at radius 1 is 1.32 bits per heavy atom. The van der Waals surface area contributed by atoms with E-state index in [9.17, 15) is 4.79 Å². The molecule has 0 spiro atoms. The van der Waals surface area contributed by atoms with Crippen LogP contribution in [0.5, 0.6) is 0 Å². The van der Waals surface area contributed by atoms with Crippen LogP contribution in [-0.2, 0) is 6.54 Å². The number of aryl methyl sites for hydroxylation is 1. The van der Waals surface area contributed by atoms with Gasteiger partial charge in [0.15, 0.2) is 0 Å². The fourth-order valence-corrected chi connectivity index (χ4v) is 2.95. The van der Waals surface area contributed by atoms with Gasteiger partial charge in [-0.1, -0.05) is 31.9 Å². The number of carbonyl (C=O) groups is 1. The van der Waals surface area contributed by atoms with Crippen molar-refractivity contribution in [3.8, 4) is 0 Å². The minimum Gasteiger partial charge on any atom is -0.350 e. The Morgan fingerprint density at radius 2 is 2.00 bits per heavy atom. The lowest BCUT2D eigenvalue weighted by Gasteiger charge is -2.06. The van der Waals surface area contributed by atoms with E-state index in [0.717, 1.165) is 14.5 Å². The van der Waals surface area contributed by atoms with E-state index in [0.29, 0.717) is 18.7 Å². The first-order chi connectivity index (χ1) is 9.04. The summed E-state index contributed by atoms with van der Waals surface area (Å²) in [5.74, 6) is -0.0918. The van der Waals surface area contributed by atoms with Crippen LogP contribution in [0.4, 0.5) is 0 Å². The minimum absolute atomic E-state index is 0.0918. The monoisotopic (exact) mass is 385 g/mol. The fourth-order valence-electron chi connectivity index (χ4n) is 1.66. The molecular weight excluding hydrogens is 374 g/mol. The number of benzene rings is 1. The van der Waals surface area contributed by atoms with Crippen molar-refractivity contribution < 1.29 is 4.79 Å². The van der Waals surface area contributed by atoms with Crippen LogP contribution in [0.2, 0.25) is 0 Å². The average Bonchev–Trinajstić information content (AvgIpc) is 2.73. The van der Waals surface area contributed by atoms with Gasteiger partial charge in [-0.05, 0) is 30.7 Å². The lowest BCUT2D eigenvalue weighted by molar-refractivity contribution is 0.0952. The molecule has 0 bridgehead atoms. The highest BCUT2D eigenvalue weighted by atomic mass is 79.9. The molecule has 1 heterocycles. The van der Waals surface area contributed by atoms with E-state index in [4.69, 9.17) is 0 Å². The zero-order valence-electron chi connectivity index (χ0n) is 10.4. The Balaban J connectivity index is 1.90. The van der Waals surface area contributed by atoms with Crippen LogP contribution in [0.3, 0.4) is 0 Å². The second-order valence-electron chi connectivity index (χ2n) is 4.19. The molecule has 4 nitrogen and oxygen atoms in total. The van der Waals surface area contributed by atoms with Gasteiger partial charge in [-0.3, -0.25) is 9.48 Å². The van der Waals surface area contributed by atoms with Gasteiger partial charge in [-0.25, -0.2) is 0 Å². The number of nitrogens with one attached hydrogen (secondary N) is 1. The number of hydrogen-bond acceptors (Lipinski definition) is 2. The van der Waals surface area contributed by atoms with Crippen molar-refractivity contribution in [1.29, 1.82) is 0 Å². The van der Waals surface area contributed by atoms with Gasteiger partial charge in [0.2, 0.25) is 0 Å². The molecular formula is C13H13Br2N3O. The molecule has 0 fully saturated rings. The van der Waals surface area contributed by atoms with Crippen LogP contribution in [0.1, 0.15) is 15.9 Å². The minimum atomic E-state index is -0.0918. The van der Waals surface area contributed by atoms with Crippen LogP contribution < -0.4 is 5.32 Å². The molecule has 6 heteroatoms. The Labute approximate surface area is 128 Å². The number of aromatic nitrogens is 2. The maximum absolute atomic E-state index is 12.0. The van der Waals surface area contributed by atoms with E-state index in [1.54, 1.807) is 18.3 Å². The fraction of sp³-hybridized carbons (Fsp3) is 0.231. The predicted molar refractivity (Wildman–Crippen MR) is 81.1 cm³/mol. The van der Waals surface area contributed by atoms with Gasteiger partial charge in [0.05, 0.1) is 12.7 Å². The van der Waals surface area contributed by atoms with Crippen molar-refractivity contribution >= 4 is 37.8 Å². The molecule has 0 saturated carbocycles. The normalized spacial score (nSPS) is 10.5. The van der Waals surface area contributed by atoms with Gasteiger partial charge in [0, 0.05) is 27.3 Å². The summed E-state index contributed by atoms with van der Waals surface area (Å²) < 4.78 is 3.55. The van der Waals surface area contributed by atoms with Crippen molar-refractivity contribution in [2.45, 2.75) is 13.5 Å². The van der Waals surface area contributed by atoms with E-state index >= 15 is 0 Å². The highest BCUT2D eigenvalue weighted by Crippen LogP contribution is 2.19. The summed E-state index contributed by atoms with van der Waals surface area (Å²) in [5.41, 5.74) is 1.74. The number of amides is 1. The third kappa shape index (κ3) is 4.18. The van der Waals surface area contributed by atoms with E-state index in [2.05, 4.69) is 42.3 Å². The van der Waals surface area contributed by atoms with Crippen molar-refractivity contribution in [2.24, 2.45) is 0 Å². The maximum Gasteiger partial charge on any atom is 0.251 e. The summed E-state index contributed by atoms with van der Waals surface area (Å²) in [4.78, 5) is 12.0. The van der Waals surface area contributed by atoms with Crippen molar-refractivity contribution in [3.05, 3.63) is 50.7 Å². The Bertz CT molecular complexity index is 575.